The first-order chi connectivity index (χ1) is 13.6. The molecular formula is C22H30ClN3O2. The molecule has 5 nitrogen and oxygen atoms in total. The molecule has 152 valence electrons. The Morgan fingerprint density at radius 2 is 1.96 bits per heavy atom. The number of H-pyrrole nitrogens is 1. The van der Waals surface area contributed by atoms with Crippen LogP contribution in [0.3, 0.4) is 0 Å². The van der Waals surface area contributed by atoms with Crippen molar-refractivity contribution in [2.75, 3.05) is 39.4 Å². The fourth-order valence-electron chi connectivity index (χ4n) is 4.48. The highest BCUT2D eigenvalue weighted by Gasteiger charge is 2.23. The predicted molar refractivity (Wildman–Crippen MR) is 113 cm³/mol. The van der Waals surface area contributed by atoms with E-state index in [0.29, 0.717) is 31.5 Å². The van der Waals surface area contributed by atoms with Gasteiger partial charge in [-0.3, -0.25) is 9.69 Å². The Labute approximate surface area is 172 Å². The van der Waals surface area contributed by atoms with Crippen molar-refractivity contribution in [2.45, 2.75) is 39.2 Å². The highest BCUT2D eigenvalue weighted by molar-refractivity contribution is 6.35. The quantitative estimate of drug-likeness (QED) is 0.821. The minimum absolute atomic E-state index is 0.302. The van der Waals surface area contributed by atoms with Crippen LogP contribution in [0.15, 0.2) is 18.2 Å². The van der Waals surface area contributed by atoms with Crippen molar-refractivity contribution >= 4 is 28.4 Å². The largest absolute Gasteiger partial charge is 0.378 e. The van der Waals surface area contributed by atoms with Crippen LogP contribution in [0.1, 0.15) is 36.9 Å². The summed E-state index contributed by atoms with van der Waals surface area (Å²) in [6.07, 6.45) is 4.06. The number of halogens is 1. The van der Waals surface area contributed by atoms with E-state index in [1.54, 1.807) is 0 Å². The number of ether oxygens (including phenoxy) is 1. The minimum atomic E-state index is 0.302. The van der Waals surface area contributed by atoms with Crippen LogP contribution in [-0.2, 0) is 16.1 Å². The number of para-hydroxylation sites is 1. The van der Waals surface area contributed by atoms with Crippen LogP contribution in [-0.4, -0.2) is 60.1 Å². The number of amides is 1. The molecule has 6 heteroatoms. The first-order valence-corrected chi connectivity index (χ1v) is 10.8. The van der Waals surface area contributed by atoms with Gasteiger partial charge in [0.15, 0.2) is 0 Å². The molecule has 4 rings (SSSR count). The van der Waals surface area contributed by atoms with Crippen LogP contribution >= 0.6 is 11.6 Å². The number of hydrogen-bond acceptors (Lipinski definition) is 3. The van der Waals surface area contributed by atoms with E-state index in [-0.39, 0.29) is 0 Å². The summed E-state index contributed by atoms with van der Waals surface area (Å²) in [7, 11) is 0. The topological polar surface area (TPSA) is 48.6 Å². The van der Waals surface area contributed by atoms with Gasteiger partial charge in [0, 0.05) is 37.1 Å². The van der Waals surface area contributed by atoms with Gasteiger partial charge in [0.25, 0.3) is 0 Å². The van der Waals surface area contributed by atoms with Crippen LogP contribution < -0.4 is 0 Å². The number of rotatable bonds is 5. The zero-order valence-electron chi connectivity index (χ0n) is 16.7. The molecule has 2 aromatic rings. The second-order valence-electron chi connectivity index (χ2n) is 8.14. The number of aryl methyl sites for hydroxylation is 1. The van der Waals surface area contributed by atoms with Gasteiger partial charge in [0.2, 0.25) is 5.91 Å². The van der Waals surface area contributed by atoms with Gasteiger partial charge in [0.1, 0.15) is 0 Å². The number of likely N-dealkylation sites (tertiary alicyclic amines) is 1. The molecule has 2 fully saturated rings. The average molecular weight is 404 g/mol. The van der Waals surface area contributed by atoms with E-state index in [4.69, 9.17) is 16.3 Å². The Balaban J connectivity index is 1.26. The summed E-state index contributed by atoms with van der Waals surface area (Å²) in [5, 5.41) is 2.01. The van der Waals surface area contributed by atoms with Gasteiger partial charge in [-0.2, -0.15) is 0 Å². The molecule has 1 aromatic heterocycles. The van der Waals surface area contributed by atoms with E-state index in [1.165, 1.54) is 29.5 Å². The number of aromatic nitrogens is 1. The van der Waals surface area contributed by atoms with Gasteiger partial charge in [-0.25, -0.2) is 0 Å². The molecule has 0 aliphatic carbocycles. The molecule has 0 unspecified atom stereocenters. The molecule has 0 atom stereocenters. The zero-order valence-corrected chi connectivity index (χ0v) is 17.4. The molecule has 0 bridgehead atoms. The molecule has 3 heterocycles. The third-order valence-electron chi connectivity index (χ3n) is 6.37. The third-order valence-corrected chi connectivity index (χ3v) is 6.68. The maximum Gasteiger partial charge on any atom is 0.222 e. The molecule has 0 radical (unpaired) electrons. The van der Waals surface area contributed by atoms with Crippen molar-refractivity contribution in [3.8, 4) is 0 Å². The predicted octanol–water partition coefficient (Wildman–Crippen LogP) is 3.98. The molecule has 1 amide bonds. The summed E-state index contributed by atoms with van der Waals surface area (Å²) < 4.78 is 5.33. The number of benzene rings is 1. The summed E-state index contributed by atoms with van der Waals surface area (Å²) in [6, 6.07) is 6.08. The van der Waals surface area contributed by atoms with E-state index in [0.717, 1.165) is 49.7 Å². The third kappa shape index (κ3) is 4.37. The minimum Gasteiger partial charge on any atom is -0.378 e. The number of carbonyl (C=O) groups is 1. The maximum absolute atomic E-state index is 12.3. The van der Waals surface area contributed by atoms with Gasteiger partial charge in [-0.05, 0) is 56.8 Å². The average Bonchev–Trinajstić information content (AvgIpc) is 3.05. The van der Waals surface area contributed by atoms with Crippen LogP contribution in [0.2, 0.25) is 5.02 Å². The van der Waals surface area contributed by atoms with E-state index in [1.807, 2.05) is 17.0 Å². The molecule has 1 aromatic carbocycles. The SMILES string of the molecule is Cc1c(CN2CCC(CCC(=O)N3CCOCC3)CC2)[nH]c2c(Cl)cccc12. The first kappa shape index (κ1) is 19.7. The number of carbonyl (C=O) groups excluding carboxylic acids is 1. The lowest BCUT2D eigenvalue weighted by Gasteiger charge is -2.32. The van der Waals surface area contributed by atoms with Crippen LogP contribution in [0.25, 0.3) is 10.9 Å². The Kier molecular flexibility index (Phi) is 6.24. The lowest BCUT2D eigenvalue weighted by molar-refractivity contribution is -0.135. The van der Waals surface area contributed by atoms with E-state index >= 15 is 0 Å². The molecule has 2 aliphatic rings. The van der Waals surface area contributed by atoms with Crippen molar-refractivity contribution in [3.05, 3.63) is 34.5 Å². The number of fused-ring (bicyclic) bond motifs is 1. The van der Waals surface area contributed by atoms with Gasteiger partial charge in [0.05, 0.1) is 23.8 Å². The number of nitrogens with one attached hydrogen (secondary N) is 1. The summed E-state index contributed by atoms with van der Waals surface area (Å²) in [6.45, 7) is 8.18. The fraction of sp³-hybridized carbons (Fsp3) is 0.591. The number of aromatic amines is 1. The lowest BCUT2D eigenvalue weighted by Crippen LogP contribution is -2.41. The fourth-order valence-corrected chi connectivity index (χ4v) is 4.71. The van der Waals surface area contributed by atoms with Crippen molar-refractivity contribution in [3.63, 3.8) is 0 Å². The standard InChI is InChI=1S/C22H30ClN3O2/c1-16-18-3-2-4-19(23)22(18)24-20(16)15-25-9-7-17(8-10-25)5-6-21(27)26-11-13-28-14-12-26/h2-4,17,24H,5-15H2,1H3. The van der Waals surface area contributed by atoms with Crippen LogP contribution in [0.4, 0.5) is 0 Å². The summed E-state index contributed by atoms with van der Waals surface area (Å²) in [4.78, 5) is 20.4. The number of morpholine rings is 1. The summed E-state index contributed by atoms with van der Waals surface area (Å²) in [5.74, 6) is 0.968. The Morgan fingerprint density at radius 1 is 1.21 bits per heavy atom. The molecule has 28 heavy (non-hydrogen) atoms. The second-order valence-corrected chi connectivity index (χ2v) is 8.55. The van der Waals surface area contributed by atoms with Crippen molar-refractivity contribution in [1.29, 1.82) is 0 Å². The van der Waals surface area contributed by atoms with Crippen molar-refractivity contribution < 1.29 is 9.53 Å². The number of hydrogen-bond donors (Lipinski definition) is 1. The van der Waals surface area contributed by atoms with E-state index in [2.05, 4.69) is 22.9 Å². The molecule has 0 saturated carbocycles. The number of nitrogens with zero attached hydrogens (tertiary/aromatic N) is 2. The normalized spacial score (nSPS) is 19.4. The second kappa shape index (κ2) is 8.85. The molecular weight excluding hydrogens is 374 g/mol. The van der Waals surface area contributed by atoms with Gasteiger partial charge >= 0.3 is 0 Å². The smallest absolute Gasteiger partial charge is 0.222 e. The number of piperidine rings is 1. The van der Waals surface area contributed by atoms with Crippen molar-refractivity contribution in [1.82, 2.24) is 14.8 Å². The van der Waals surface area contributed by atoms with Crippen molar-refractivity contribution in [2.24, 2.45) is 5.92 Å². The monoisotopic (exact) mass is 403 g/mol. The Bertz CT molecular complexity index is 821. The van der Waals surface area contributed by atoms with Crippen LogP contribution in [0, 0.1) is 12.8 Å². The Hall–Kier alpha value is -1.56. The molecule has 1 N–H and O–H groups in total. The van der Waals surface area contributed by atoms with Gasteiger partial charge in [-0.1, -0.05) is 23.7 Å². The first-order valence-electron chi connectivity index (χ1n) is 10.5. The van der Waals surface area contributed by atoms with Gasteiger partial charge in [-0.15, -0.1) is 0 Å². The zero-order chi connectivity index (χ0) is 19.5. The highest BCUT2D eigenvalue weighted by atomic mass is 35.5. The van der Waals surface area contributed by atoms with E-state index < -0.39 is 0 Å². The van der Waals surface area contributed by atoms with Crippen LogP contribution in [0.5, 0.6) is 0 Å². The Morgan fingerprint density at radius 3 is 2.68 bits per heavy atom. The molecule has 0 spiro atoms. The molecule has 2 aliphatic heterocycles. The summed E-state index contributed by atoms with van der Waals surface area (Å²) in [5.41, 5.74) is 3.62. The highest BCUT2D eigenvalue weighted by Crippen LogP contribution is 2.29. The molecule has 2 saturated heterocycles. The van der Waals surface area contributed by atoms with Gasteiger partial charge < -0.3 is 14.6 Å². The lowest BCUT2D eigenvalue weighted by atomic mass is 9.91. The summed E-state index contributed by atoms with van der Waals surface area (Å²) >= 11 is 6.34. The van der Waals surface area contributed by atoms with E-state index in [9.17, 15) is 4.79 Å². The maximum atomic E-state index is 12.3.